The minimum absolute atomic E-state index is 0.358. The van der Waals surface area contributed by atoms with Crippen molar-refractivity contribution < 1.29 is 4.39 Å². The van der Waals surface area contributed by atoms with Crippen LogP contribution in [0.1, 0.15) is 16.5 Å². The van der Waals surface area contributed by atoms with Gasteiger partial charge in [-0.2, -0.15) is 0 Å². The van der Waals surface area contributed by atoms with Crippen LogP contribution in [0.2, 0.25) is 10.0 Å². The molecule has 0 heterocycles. The lowest BCUT2D eigenvalue weighted by Crippen LogP contribution is -1.97. The van der Waals surface area contributed by atoms with Gasteiger partial charge in [0.2, 0.25) is 0 Å². The SMILES string of the molecule is Fc1ccccc1C(Cl)c1cc(Cl)ccc1Cl. The molecule has 0 aromatic heterocycles. The fourth-order valence-electron chi connectivity index (χ4n) is 1.56. The number of alkyl halides is 1. The molecule has 0 fully saturated rings. The molecule has 2 aromatic carbocycles. The Labute approximate surface area is 114 Å². The summed E-state index contributed by atoms with van der Waals surface area (Å²) in [5, 5.41) is 0.339. The first-order valence-electron chi connectivity index (χ1n) is 4.93. The maximum Gasteiger partial charge on any atom is 0.128 e. The quantitative estimate of drug-likeness (QED) is 0.644. The van der Waals surface area contributed by atoms with Crippen molar-refractivity contribution in [1.29, 1.82) is 0 Å². The lowest BCUT2D eigenvalue weighted by molar-refractivity contribution is 0.612. The Morgan fingerprint density at radius 2 is 1.65 bits per heavy atom. The topological polar surface area (TPSA) is 0 Å². The summed E-state index contributed by atoms with van der Waals surface area (Å²) < 4.78 is 13.6. The largest absolute Gasteiger partial charge is 0.207 e. The molecule has 0 spiro atoms. The van der Waals surface area contributed by atoms with Crippen LogP contribution in [0, 0.1) is 5.82 Å². The number of hydrogen-bond acceptors (Lipinski definition) is 0. The Morgan fingerprint density at radius 1 is 0.941 bits per heavy atom. The van der Waals surface area contributed by atoms with Gasteiger partial charge in [0.05, 0.1) is 5.38 Å². The lowest BCUT2D eigenvalue weighted by atomic mass is 10.0. The third kappa shape index (κ3) is 2.74. The fourth-order valence-corrected chi connectivity index (χ4v) is 2.38. The first-order valence-corrected chi connectivity index (χ1v) is 6.12. The van der Waals surface area contributed by atoms with E-state index in [2.05, 4.69) is 0 Å². The van der Waals surface area contributed by atoms with Crippen LogP contribution < -0.4 is 0 Å². The molecule has 0 aliphatic heterocycles. The Morgan fingerprint density at radius 3 is 2.35 bits per heavy atom. The van der Waals surface area contributed by atoms with Crippen molar-refractivity contribution in [2.24, 2.45) is 0 Å². The van der Waals surface area contributed by atoms with Crippen molar-refractivity contribution in [2.75, 3.05) is 0 Å². The second kappa shape index (κ2) is 5.26. The van der Waals surface area contributed by atoms with Crippen LogP contribution in [0.3, 0.4) is 0 Å². The summed E-state index contributed by atoms with van der Waals surface area (Å²) in [5.74, 6) is -0.358. The minimum atomic E-state index is -0.651. The highest BCUT2D eigenvalue weighted by Gasteiger charge is 2.17. The average molecular weight is 290 g/mol. The zero-order chi connectivity index (χ0) is 12.4. The van der Waals surface area contributed by atoms with Crippen LogP contribution in [-0.4, -0.2) is 0 Å². The molecule has 1 atom stereocenters. The van der Waals surface area contributed by atoms with E-state index in [1.54, 1.807) is 36.4 Å². The molecule has 88 valence electrons. The van der Waals surface area contributed by atoms with Crippen LogP contribution >= 0.6 is 34.8 Å². The molecule has 0 N–H and O–H groups in total. The standard InChI is InChI=1S/C13H8Cl3F/c14-8-5-6-11(15)10(7-8)13(16)9-3-1-2-4-12(9)17/h1-7,13H. The molecular weight excluding hydrogens is 281 g/mol. The van der Waals surface area contributed by atoms with Gasteiger partial charge < -0.3 is 0 Å². The first-order chi connectivity index (χ1) is 8.09. The van der Waals surface area contributed by atoms with Crippen molar-refractivity contribution in [3.63, 3.8) is 0 Å². The van der Waals surface area contributed by atoms with Crippen molar-refractivity contribution >= 4 is 34.8 Å². The van der Waals surface area contributed by atoms with Gasteiger partial charge in [-0.1, -0.05) is 41.4 Å². The van der Waals surface area contributed by atoms with E-state index in [0.29, 0.717) is 21.2 Å². The van der Waals surface area contributed by atoms with E-state index < -0.39 is 5.38 Å². The van der Waals surface area contributed by atoms with Crippen LogP contribution in [0.4, 0.5) is 4.39 Å². The van der Waals surface area contributed by atoms with Crippen molar-refractivity contribution in [1.82, 2.24) is 0 Å². The maximum atomic E-state index is 13.6. The summed E-state index contributed by atoms with van der Waals surface area (Å²) in [6.07, 6.45) is 0. The molecular formula is C13H8Cl3F. The Balaban J connectivity index is 2.47. The number of hydrogen-bond donors (Lipinski definition) is 0. The molecule has 0 aliphatic rings. The molecule has 0 aliphatic carbocycles. The predicted octanol–water partition coefficient (Wildman–Crippen LogP) is 5.46. The normalized spacial score (nSPS) is 12.5. The molecule has 0 bridgehead atoms. The fraction of sp³-hybridized carbons (Fsp3) is 0.0769. The Kier molecular flexibility index (Phi) is 3.93. The van der Waals surface area contributed by atoms with E-state index in [4.69, 9.17) is 34.8 Å². The monoisotopic (exact) mass is 288 g/mol. The third-order valence-electron chi connectivity index (χ3n) is 2.41. The highest BCUT2D eigenvalue weighted by molar-refractivity contribution is 6.35. The summed E-state index contributed by atoms with van der Waals surface area (Å²) in [6, 6.07) is 11.3. The summed E-state index contributed by atoms with van der Waals surface area (Å²) in [6.45, 7) is 0. The summed E-state index contributed by atoms with van der Waals surface area (Å²) in [4.78, 5) is 0. The van der Waals surface area contributed by atoms with E-state index in [-0.39, 0.29) is 5.82 Å². The van der Waals surface area contributed by atoms with Crippen LogP contribution in [0.5, 0.6) is 0 Å². The number of rotatable bonds is 2. The Hall–Kier alpha value is -0.760. The van der Waals surface area contributed by atoms with E-state index in [1.165, 1.54) is 6.07 Å². The van der Waals surface area contributed by atoms with E-state index in [0.717, 1.165) is 0 Å². The predicted molar refractivity (Wildman–Crippen MR) is 70.6 cm³/mol. The van der Waals surface area contributed by atoms with E-state index >= 15 is 0 Å². The second-order valence-electron chi connectivity index (χ2n) is 3.55. The molecule has 17 heavy (non-hydrogen) atoms. The molecule has 0 radical (unpaired) electrons. The van der Waals surface area contributed by atoms with Gasteiger partial charge in [0.25, 0.3) is 0 Å². The molecule has 4 heteroatoms. The van der Waals surface area contributed by atoms with E-state index in [1.807, 2.05) is 0 Å². The minimum Gasteiger partial charge on any atom is -0.207 e. The number of halogens is 4. The molecule has 2 aromatic rings. The van der Waals surface area contributed by atoms with E-state index in [9.17, 15) is 4.39 Å². The average Bonchev–Trinajstić information content (AvgIpc) is 2.32. The van der Waals surface area contributed by atoms with Gasteiger partial charge in [0, 0.05) is 15.6 Å². The summed E-state index contributed by atoms with van der Waals surface area (Å²) >= 11 is 18.1. The highest BCUT2D eigenvalue weighted by Crippen LogP contribution is 2.36. The molecule has 0 saturated heterocycles. The van der Waals surface area contributed by atoms with Gasteiger partial charge in [-0.25, -0.2) is 4.39 Å². The highest BCUT2D eigenvalue weighted by atomic mass is 35.5. The molecule has 0 saturated carbocycles. The van der Waals surface area contributed by atoms with Gasteiger partial charge in [-0.15, -0.1) is 11.6 Å². The first kappa shape index (κ1) is 12.7. The van der Waals surface area contributed by atoms with Gasteiger partial charge in [0.1, 0.15) is 5.82 Å². The third-order valence-corrected chi connectivity index (χ3v) is 3.46. The lowest BCUT2D eigenvalue weighted by Gasteiger charge is -2.13. The molecule has 1 unspecified atom stereocenters. The maximum absolute atomic E-state index is 13.6. The van der Waals surface area contributed by atoms with Gasteiger partial charge >= 0.3 is 0 Å². The summed E-state index contributed by atoms with van der Waals surface area (Å²) in [7, 11) is 0. The Bertz CT molecular complexity index is 540. The van der Waals surface area contributed by atoms with Gasteiger partial charge in [0.15, 0.2) is 0 Å². The zero-order valence-electron chi connectivity index (χ0n) is 8.63. The zero-order valence-corrected chi connectivity index (χ0v) is 10.9. The van der Waals surface area contributed by atoms with Gasteiger partial charge in [-0.3, -0.25) is 0 Å². The van der Waals surface area contributed by atoms with Crippen LogP contribution in [0.25, 0.3) is 0 Å². The smallest absolute Gasteiger partial charge is 0.128 e. The second-order valence-corrected chi connectivity index (χ2v) is 4.83. The van der Waals surface area contributed by atoms with Crippen molar-refractivity contribution in [3.05, 3.63) is 69.5 Å². The van der Waals surface area contributed by atoms with Crippen LogP contribution in [0.15, 0.2) is 42.5 Å². The molecule has 2 rings (SSSR count). The molecule has 0 amide bonds. The van der Waals surface area contributed by atoms with Crippen molar-refractivity contribution in [2.45, 2.75) is 5.38 Å². The molecule has 0 nitrogen and oxygen atoms in total. The number of benzene rings is 2. The van der Waals surface area contributed by atoms with Gasteiger partial charge in [-0.05, 0) is 29.8 Å². The summed E-state index contributed by atoms with van der Waals surface area (Å²) in [5.41, 5.74) is 0.990. The van der Waals surface area contributed by atoms with Crippen molar-refractivity contribution in [3.8, 4) is 0 Å². The van der Waals surface area contributed by atoms with Crippen LogP contribution in [-0.2, 0) is 0 Å².